The monoisotopic (exact) mass is 476 g/mol. The SMILES string of the molecule is CN=C(NCC(C1CC1)N(C)C)NC1CCN(c2ncccc2F)C1.I. The maximum absolute atomic E-state index is 13.9. The largest absolute Gasteiger partial charge is 0.355 e. The van der Waals surface area contributed by atoms with Crippen molar-refractivity contribution in [3.8, 4) is 0 Å². The Hall–Kier alpha value is -1.16. The Balaban J connectivity index is 0.00000243. The van der Waals surface area contributed by atoms with E-state index in [1.807, 2.05) is 4.90 Å². The molecule has 1 aromatic rings. The van der Waals surface area contributed by atoms with E-state index in [-0.39, 0.29) is 35.8 Å². The first-order chi connectivity index (χ1) is 12.1. The van der Waals surface area contributed by atoms with Crippen molar-refractivity contribution in [2.24, 2.45) is 10.9 Å². The highest BCUT2D eigenvalue weighted by molar-refractivity contribution is 14.0. The fraction of sp³-hybridized carbons (Fsp3) is 0.667. The van der Waals surface area contributed by atoms with Gasteiger partial charge in [-0.15, -0.1) is 24.0 Å². The lowest BCUT2D eigenvalue weighted by atomic mass is 10.1. The minimum atomic E-state index is -0.260. The molecule has 2 atom stereocenters. The van der Waals surface area contributed by atoms with E-state index in [0.29, 0.717) is 11.9 Å². The van der Waals surface area contributed by atoms with Crippen molar-refractivity contribution in [1.29, 1.82) is 0 Å². The summed E-state index contributed by atoms with van der Waals surface area (Å²) in [5.74, 6) is 1.80. The molecule has 0 amide bonds. The molecule has 2 N–H and O–H groups in total. The van der Waals surface area contributed by atoms with Gasteiger partial charge in [0.15, 0.2) is 17.6 Å². The van der Waals surface area contributed by atoms with Crippen LogP contribution >= 0.6 is 24.0 Å². The van der Waals surface area contributed by atoms with Crippen molar-refractivity contribution >= 4 is 35.8 Å². The molecule has 0 spiro atoms. The number of nitrogens with one attached hydrogen (secondary N) is 2. The molecule has 2 fully saturated rings. The van der Waals surface area contributed by atoms with Gasteiger partial charge in [0.2, 0.25) is 0 Å². The summed E-state index contributed by atoms with van der Waals surface area (Å²) in [4.78, 5) is 12.8. The molecule has 0 radical (unpaired) electrons. The Bertz CT molecular complexity index is 605. The highest BCUT2D eigenvalue weighted by Crippen LogP contribution is 2.34. The Morgan fingerprint density at radius 1 is 1.42 bits per heavy atom. The van der Waals surface area contributed by atoms with Crippen molar-refractivity contribution in [3.05, 3.63) is 24.1 Å². The first-order valence-corrected chi connectivity index (χ1v) is 9.07. The molecule has 1 aliphatic carbocycles. The van der Waals surface area contributed by atoms with Gasteiger partial charge < -0.3 is 20.4 Å². The highest BCUT2D eigenvalue weighted by atomic mass is 127. The van der Waals surface area contributed by atoms with Gasteiger partial charge in [0.1, 0.15) is 0 Å². The van der Waals surface area contributed by atoms with Gasteiger partial charge >= 0.3 is 0 Å². The zero-order valence-corrected chi connectivity index (χ0v) is 18.1. The van der Waals surface area contributed by atoms with Gasteiger partial charge in [-0.25, -0.2) is 9.37 Å². The average Bonchev–Trinajstić information content (AvgIpc) is 3.32. The zero-order valence-electron chi connectivity index (χ0n) is 15.8. The van der Waals surface area contributed by atoms with Crippen LogP contribution in [0.25, 0.3) is 0 Å². The van der Waals surface area contributed by atoms with Gasteiger partial charge in [-0.3, -0.25) is 4.99 Å². The number of likely N-dealkylation sites (N-methyl/N-ethyl adjacent to an activating group) is 1. The second-order valence-corrected chi connectivity index (χ2v) is 7.21. The number of aromatic nitrogens is 1. The highest BCUT2D eigenvalue weighted by Gasteiger charge is 2.32. The van der Waals surface area contributed by atoms with Crippen molar-refractivity contribution < 1.29 is 4.39 Å². The topological polar surface area (TPSA) is 55.8 Å². The number of guanidine groups is 1. The predicted molar refractivity (Wildman–Crippen MR) is 115 cm³/mol. The number of rotatable bonds is 6. The Morgan fingerprint density at radius 2 is 2.19 bits per heavy atom. The van der Waals surface area contributed by atoms with Crippen LogP contribution < -0.4 is 15.5 Å². The molecule has 8 heteroatoms. The Morgan fingerprint density at radius 3 is 2.81 bits per heavy atom. The van der Waals surface area contributed by atoms with Gasteiger partial charge in [0.05, 0.1) is 0 Å². The second kappa shape index (κ2) is 9.68. The molecule has 2 heterocycles. The van der Waals surface area contributed by atoms with E-state index in [1.165, 1.54) is 18.9 Å². The third-order valence-electron chi connectivity index (χ3n) is 5.10. The first kappa shape index (κ1) is 21.1. The van der Waals surface area contributed by atoms with E-state index < -0.39 is 0 Å². The van der Waals surface area contributed by atoms with E-state index in [0.717, 1.165) is 37.9 Å². The third-order valence-corrected chi connectivity index (χ3v) is 5.10. The molecular formula is C18H30FIN6. The van der Waals surface area contributed by atoms with Gasteiger partial charge in [-0.05, 0) is 51.4 Å². The Labute approximate surface area is 172 Å². The number of pyridine rings is 1. The molecule has 0 bridgehead atoms. The summed E-state index contributed by atoms with van der Waals surface area (Å²) in [7, 11) is 6.07. The maximum Gasteiger partial charge on any atom is 0.191 e. The fourth-order valence-electron chi connectivity index (χ4n) is 3.52. The van der Waals surface area contributed by atoms with Crippen LogP contribution in [0.5, 0.6) is 0 Å². The quantitative estimate of drug-likeness (QED) is 0.374. The number of hydrogen-bond donors (Lipinski definition) is 2. The summed E-state index contributed by atoms with van der Waals surface area (Å²) in [6.45, 7) is 2.42. The van der Waals surface area contributed by atoms with Crippen LogP contribution in [0.1, 0.15) is 19.3 Å². The molecule has 1 saturated heterocycles. The van der Waals surface area contributed by atoms with Crippen LogP contribution in [-0.4, -0.2) is 68.7 Å². The summed E-state index contributed by atoms with van der Waals surface area (Å²) < 4.78 is 13.9. The first-order valence-electron chi connectivity index (χ1n) is 9.07. The summed E-state index contributed by atoms with van der Waals surface area (Å²) in [5.41, 5.74) is 0. The van der Waals surface area contributed by atoms with E-state index >= 15 is 0 Å². The van der Waals surface area contributed by atoms with Crippen LogP contribution in [0.2, 0.25) is 0 Å². The molecular weight excluding hydrogens is 446 g/mol. The maximum atomic E-state index is 13.9. The smallest absolute Gasteiger partial charge is 0.191 e. The van der Waals surface area contributed by atoms with E-state index in [1.54, 1.807) is 19.3 Å². The molecule has 1 saturated carbocycles. The molecule has 3 rings (SSSR count). The van der Waals surface area contributed by atoms with Gasteiger partial charge in [0.25, 0.3) is 0 Å². The average molecular weight is 476 g/mol. The number of halogens is 2. The van der Waals surface area contributed by atoms with Crippen LogP contribution in [0, 0.1) is 11.7 Å². The second-order valence-electron chi connectivity index (χ2n) is 7.21. The zero-order chi connectivity index (χ0) is 17.8. The summed E-state index contributed by atoms with van der Waals surface area (Å²) in [5, 5.41) is 6.92. The number of anilines is 1. The third kappa shape index (κ3) is 5.42. The van der Waals surface area contributed by atoms with Crippen molar-refractivity contribution in [2.45, 2.75) is 31.3 Å². The lowest BCUT2D eigenvalue weighted by molar-refractivity contribution is 0.264. The van der Waals surface area contributed by atoms with Crippen molar-refractivity contribution in [3.63, 3.8) is 0 Å². The minimum Gasteiger partial charge on any atom is -0.355 e. The fourth-order valence-corrected chi connectivity index (χ4v) is 3.52. The molecule has 1 aromatic heterocycles. The van der Waals surface area contributed by atoms with Crippen LogP contribution in [0.4, 0.5) is 10.2 Å². The molecule has 2 unspecified atom stereocenters. The standard InChI is InChI=1S/C18H29FN6.HI/c1-20-18(22-11-16(24(2)3)13-6-7-13)23-14-8-10-25(12-14)17-15(19)5-4-9-21-17;/h4-5,9,13-14,16H,6-8,10-12H2,1-3H3,(H2,20,22,23);1H. The number of hydrogen-bond acceptors (Lipinski definition) is 4. The number of nitrogens with zero attached hydrogens (tertiary/aromatic N) is 4. The lowest BCUT2D eigenvalue weighted by Crippen LogP contribution is -2.49. The molecule has 2 aliphatic rings. The van der Waals surface area contributed by atoms with Crippen LogP contribution in [0.3, 0.4) is 0 Å². The molecule has 26 heavy (non-hydrogen) atoms. The summed E-state index contributed by atoms with van der Waals surface area (Å²) in [6, 6.07) is 3.87. The number of aliphatic imine (C=N–C) groups is 1. The molecule has 0 aromatic carbocycles. The predicted octanol–water partition coefficient (Wildman–Crippen LogP) is 1.92. The molecule has 146 valence electrons. The summed E-state index contributed by atoms with van der Waals surface area (Å²) in [6.07, 6.45) is 5.23. The van der Waals surface area contributed by atoms with E-state index in [9.17, 15) is 4.39 Å². The molecule has 1 aliphatic heterocycles. The molecule has 6 nitrogen and oxygen atoms in total. The van der Waals surface area contributed by atoms with Crippen LogP contribution in [-0.2, 0) is 0 Å². The van der Waals surface area contributed by atoms with E-state index in [4.69, 9.17) is 0 Å². The van der Waals surface area contributed by atoms with Crippen LogP contribution in [0.15, 0.2) is 23.3 Å². The van der Waals surface area contributed by atoms with Gasteiger partial charge in [0, 0.05) is 45.0 Å². The van der Waals surface area contributed by atoms with Crippen molar-refractivity contribution in [1.82, 2.24) is 20.5 Å². The Kier molecular flexibility index (Phi) is 7.87. The van der Waals surface area contributed by atoms with E-state index in [2.05, 4.69) is 39.6 Å². The van der Waals surface area contributed by atoms with Gasteiger partial charge in [-0.2, -0.15) is 0 Å². The van der Waals surface area contributed by atoms with Crippen molar-refractivity contribution in [2.75, 3.05) is 45.7 Å². The minimum absolute atomic E-state index is 0. The summed E-state index contributed by atoms with van der Waals surface area (Å²) >= 11 is 0. The lowest BCUT2D eigenvalue weighted by Gasteiger charge is -2.26. The normalized spacial score (nSPS) is 21.5. The van der Waals surface area contributed by atoms with Gasteiger partial charge in [-0.1, -0.05) is 0 Å².